The molecule has 1 aromatic carbocycles. The lowest BCUT2D eigenvalue weighted by Crippen LogP contribution is -1.98. The maximum Gasteiger partial charge on any atom is 0.356 e. The minimum Gasteiger partial charge on any atom is -0.476 e. The molecule has 0 radical (unpaired) electrons. The average Bonchev–Trinajstić information content (AvgIpc) is 2.81. The highest BCUT2D eigenvalue weighted by Gasteiger charge is 2.17. The van der Waals surface area contributed by atoms with Crippen LogP contribution in [0.5, 0.6) is 0 Å². The zero-order chi connectivity index (χ0) is 15.0. The predicted molar refractivity (Wildman–Crippen MR) is 81.4 cm³/mol. The summed E-state index contributed by atoms with van der Waals surface area (Å²) in [5, 5.41) is 10.3. The number of benzene rings is 1. The fourth-order valence-electron chi connectivity index (χ4n) is 2.22. The number of aromatic carboxylic acids is 1. The van der Waals surface area contributed by atoms with Crippen LogP contribution >= 0.6 is 23.2 Å². The Labute approximate surface area is 130 Å². The van der Waals surface area contributed by atoms with E-state index < -0.39 is 5.97 Å². The van der Waals surface area contributed by atoms with Crippen LogP contribution in [0.2, 0.25) is 10.0 Å². The Balaban J connectivity index is 2.10. The largest absolute Gasteiger partial charge is 0.476 e. The molecule has 4 nitrogen and oxygen atoms in total. The molecule has 6 heteroatoms. The fraction of sp³-hybridized carbons (Fsp3) is 0.0667. The van der Waals surface area contributed by atoms with Crippen molar-refractivity contribution >= 4 is 34.7 Å². The van der Waals surface area contributed by atoms with Crippen molar-refractivity contribution in [1.29, 1.82) is 0 Å². The molecule has 21 heavy (non-hydrogen) atoms. The zero-order valence-corrected chi connectivity index (χ0v) is 12.3. The van der Waals surface area contributed by atoms with Gasteiger partial charge in [0.2, 0.25) is 0 Å². The van der Waals surface area contributed by atoms with Crippen molar-refractivity contribution in [3.05, 3.63) is 69.7 Å². The molecule has 2 aromatic heterocycles. The number of hydrogen-bond acceptors (Lipinski definition) is 2. The molecule has 1 N–H and O–H groups in total. The molecule has 0 saturated carbocycles. The van der Waals surface area contributed by atoms with E-state index in [2.05, 4.69) is 4.98 Å². The van der Waals surface area contributed by atoms with Gasteiger partial charge in [0.25, 0.3) is 0 Å². The summed E-state index contributed by atoms with van der Waals surface area (Å²) in [7, 11) is 0. The van der Waals surface area contributed by atoms with E-state index in [1.54, 1.807) is 34.9 Å². The van der Waals surface area contributed by atoms with E-state index in [1.807, 2.05) is 12.1 Å². The fourth-order valence-corrected chi connectivity index (χ4v) is 2.69. The summed E-state index contributed by atoms with van der Waals surface area (Å²) in [6.45, 7) is 0. The van der Waals surface area contributed by atoms with Gasteiger partial charge in [-0.3, -0.25) is 0 Å². The first kappa shape index (κ1) is 13.9. The normalized spacial score (nSPS) is 11.0. The highest BCUT2D eigenvalue weighted by Crippen LogP contribution is 2.24. The number of rotatable bonds is 3. The molecule has 0 fully saturated rings. The molecule has 0 saturated heterocycles. The van der Waals surface area contributed by atoms with Crippen molar-refractivity contribution in [2.45, 2.75) is 6.42 Å². The van der Waals surface area contributed by atoms with Gasteiger partial charge in [-0.2, -0.15) is 0 Å². The quantitative estimate of drug-likeness (QED) is 0.795. The predicted octanol–water partition coefficient (Wildman–Crippen LogP) is 3.93. The average molecular weight is 321 g/mol. The number of halogens is 2. The van der Waals surface area contributed by atoms with Gasteiger partial charge in [0, 0.05) is 22.7 Å². The summed E-state index contributed by atoms with van der Waals surface area (Å²) in [6, 6.07) is 10.6. The standard InChI is InChI=1S/C15H10Cl2N2O2/c16-10-5-4-9(11(17)8-10)7-13-18-14(15(20)21)12-3-1-2-6-19(12)13/h1-6,8H,7H2,(H,20,21). The topological polar surface area (TPSA) is 54.6 Å². The molecule has 0 bridgehead atoms. The Morgan fingerprint density at radius 2 is 2.05 bits per heavy atom. The van der Waals surface area contributed by atoms with Gasteiger partial charge in [-0.1, -0.05) is 35.3 Å². The Morgan fingerprint density at radius 3 is 2.76 bits per heavy atom. The Morgan fingerprint density at radius 1 is 1.24 bits per heavy atom. The van der Waals surface area contributed by atoms with Gasteiger partial charge < -0.3 is 9.51 Å². The van der Waals surface area contributed by atoms with Crippen LogP contribution in [0.25, 0.3) is 5.52 Å². The molecule has 0 aliphatic rings. The van der Waals surface area contributed by atoms with Gasteiger partial charge in [-0.15, -0.1) is 0 Å². The monoisotopic (exact) mass is 320 g/mol. The Bertz CT molecular complexity index is 843. The van der Waals surface area contributed by atoms with Crippen molar-refractivity contribution in [1.82, 2.24) is 9.38 Å². The number of hydrogen-bond donors (Lipinski definition) is 1. The van der Waals surface area contributed by atoms with Gasteiger partial charge in [0.1, 0.15) is 5.82 Å². The van der Waals surface area contributed by atoms with Crippen LogP contribution in [0.1, 0.15) is 21.9 Å². The van der Waals surface area contributed by atoms with E-state index in [0.717, 1.165) is 5.56 Å². The lowest BCUT2D eigenvalue weighted by molar-refractivity contribution is 0.0693. The van der Waals surface area contributed by atoms with Crippen LogP contribution in [0.4, 0.5) is 0 Å². The maximum atomic E-state index is 11.3. The van der Waals surface area contributed by atoms with Crippen molar-refractivity contribution < 1.29 is 9.90 Å². The SMILES string of the molecule is O=C(O)c1nc(Cc2ccc(Cl)cc2Cl)n2ccccc12. The summed E-state index contributed by atoms with van der Waals surface area (Å²) in [6.07, 6.45) is 2.21. The second kappa shape index (κ2) is 5.39. The van der Waals surface area contributed by atoms with Crippen molar-refractivity contribution in [3.63, 3.8) is 0 Å². The Hall–Kier alpha value is -2.04. The molecule has 0 amide bonds. The summed E-state index contributed by atoms with van der Waals surface area (Å²) in [5.74, 6) is -0.431. The van der Waals surface area contributed by atoms with Gasteiger partial charge in [-0.25, -0.2) is 9.78 Å². The van der Waals surface area contributed by atoms with E-state index in [0.29, 0.717) is 27.8 Å². The third kappa shape index (κ3) is 2.60. The van der Waals surface area contributed by atoms with Crippen LogP contribution in [0.3, 0.4) is 0 Å². The molecule has 0 aliphatic heterocycles. The second-order valence-electron chi connectivity index (χ2n) is 4.55. The molecule has 3 aromatic rings. The smallest absolute Gasteiger partial charge is 0.356 e. The van der Waals surface area contributed by atoms with Crippen LogP contribution < -0.4 is 0 Å². The molecule has 0 atom stereocenters. The minimum atomic E-state index is -1.05. The summed E-state index contributed by atoms with van der Waals surface area (Å²) < 4.78 is 1.76. The van der Waals surface area contributed by atoms with Gasteiger partial charge in [0.15, 0.2) is 5.69 Å². The second-order valence-corrected chi connectivity index (χ2v) is 5.39. The minimum absolute atomic E-state index is 0.0377. The molecule has 0 aliphatic carbocycles. The molecular weight excluding hydrogens is 311 g/mol. The highest BCUT2D eigenvalue weighted by atomic mass is 35.5. The number of imidazole rings is 1. The molecular formula is C15H10Cl2N2O2. The number of carboxylic acid groups (broad SMARTS) is 1. The molecule has 106 valence electrons. The number of pyridine rings is 1. The summed E-state index contributed by atoms with van der Waals surface area (Å²) in [5.41, 5.74) is 1.44. The van der Waals surface area contributed by atoms with E-state index in [1.165, 1.54) is 0 Å². The molecule has 0 spiro atoms. The first-order valence-electron chi connectivity index (χ1n) is 6.19. The number of carbonyl (C=O) groups is 1. The lowest BCUT2D eigenvalue weighted by atomic mass is 10.1. The Kier molecular flexibility index (Phi) is 3.57. The van der Waals surface area contributed by atoms with Gasteiger partial charge >= 0.3 is 5.97 Å². The third-order valence-electron chi connectivity index (χ3n) is 3.19. The summed E-state index contributed by atoms with van der Waals surface area (Å²) >= 11 is 12.0. The van der Waals surface area contributed by atoms with Crippen LogP contribution in [0.15, 0.2) is 42.6 Å². The van der Waals surface area contributed by atoms with Crippen LogP contribution in [-0.2, 0) is 6.42 Å². The van der Waals surface area contributed by atoms with Crippen LogP contribution in [0, 0.1) is 0 Å². The highest BCUT2D eigenvalue weighted by molar-refractivity contribution is 6.35. The van der Waals surface area contributed by atoms with E-state index >= 15 is 0 Å². The maximum absolute atomic E-state index is 11.3. The first-order valence-corrected chi connectivity index (χ1v) is 6.95. The van der Waals surface area contributed by atoms with E-state index in [9.17, 15) is 9.90 Å². The summed E-state index contributed by atoms with van der Waals surface area (Å²) in [4.78, 5) is 15.5. The van der Waals surface area contributed by atoms with E-state index in [-0.39, 0.29) is 5.69 Å². The number of fused-ring (bicyclic) bond motifs is 1. The van der Waals surface area contributed by atoms with E-state index in [4.69, 9.17) is 23.2 Å². The van der Waals surface area contributed by atoms with Crippen molar-refractivity contribution in [2.24, 2.45) is 0 Å². The van der Waals surface area contributed by atoms with Crippen LogP contribution in [-0.4, -0.2) is 20.5 Å². The first-order chi connectivity index (χ1) is 10.1. The van der Waals surface area contributed by atoms with Crippen molar-refractivity contribution in [2.75, 3.05) is 0 Å². The zero-order valence-electron chi connectivity index (χ0n) is 10.8. The molecule has 3 rings (SSSR count). The number of carboxylic acids is 1. The van der Waals surface area contributed by atoms with Crippen molar-refractivity contribution in [3.8, 4) is 0 Å². The third-order valence-corrected chi connectivity index (χ3v) is 3.77. The van der Waals surface area contributed by atoms with Gasteiger partial charge in [0.05, 0.1) is 5.52 Å². The lowest BCUT2D eigenvalue weighted by Gasteiger charge is -2.04. The number of nitrogens with zero attached hydrogens (tertiary/aromatic N) is 2. The van der Waals surface area contributed by atoms with Gasteiger partial charge in [-0.05, 0) is 29.8 Å². The number of aromatic nitrogens is 2. The molecule has 0 unspecified atom stereocenters. The molecule has 2 heterocycles.